The molecule has 2 atom stereocenters. The first-order valence-electron chi connectivity index (χ1n) is 7.16. The van der Waals surface area contributed by atoms with Gasteiger partial charge in [-0.1, -0.05) is 43.1 Å². The van der Waals surface area contributed by atoms with Crippen LogP contribution in [0.15, 0.2) is 6.07 Å². The lowest BCUT2D eigenvalue weighted by Crippen LogP contribution is -2.22. The number of nitrogens with one attached hydrogen (secondary N) is 1. The largest absolute Gasteiger partial charge is 0.295 e. The molecule has 1 heterocycles. The molecule has 120 valence electrons. The van der Waals surface area contributed by atoms with Gasteiger partial charge in [-0.05, 0) is 24.0 Å². The van der Waals surface area contributed by atoms with E-state index in [1.807, 2.05) is 19.2 Å². The Morgan fingerprint density at radius 1 is 1.22 bits per heavy atom. The van der Waals surface area contributed by atoms with E-state index in [-0.39, 0.29) is 21.4 Å². The molecule has 2 aliphatic rings. The van der Waals surface area contributed by atoms with Crippen molar-refractivity contribution in [3.63, 3.8) is 0 Å². The number of ketones is 2. The van der Waals surface area contributed by atoms with Crippen LogP contribution in [-0.2, 0) is 20.8 Å². The number of carbonyl (C=O) groups is 4. The summed E-state index contributed by atoms with van der Waals surface area (Å²) in [6.45, 7) is 3.75. The van der Waals surface area contributed by atoms with Crippen LogP contribution in [0.4, 0.5) is 0 Å². The Morgan fingerprint density at radius 3 is 2.39 bits per heavy atom. The van der Waals surface area contributed by atoms with E-state index in [0.29, 0.717) is 24.0 Å². The van der Waals surface area contributed by atoms with Gasteiger partial charge in [0.15, 0.2) is 5.78 Å². The Labute approximate surface area is 142 Å². The van der Waals surface area contributed by atoms with Crippen LogP contribution in [0.3, 0.4) is 0 Å². The second kappa shape index (κ2) is 5.14. The van der Waals surface area contributed by atoms with Crippen LogP contribution < -0.4 is 5.32 Å². The molecule has 1 aliphatic carbocycles. The fraction of sp³-hybridized carbons (Fsp3) is 0.375. The van der Waals surface area contributed by atoms with Gasteiger partial charge >= 0.3 is 0 Å². The molecule has 0 aromatic heterocycles. The Hall–Kier alpha value is -1.72. The smallest absolute Gasteiger partial charge is 0.293 e. The maximum absolute atomic E-state index is 12.6. The molecule has 1 aromatic carbocycles. The molecule has 7 heteroatoms. The van der Waals surface area contributed by atoms with Crippen molar-refractivity contribution in [1.29, 1.82) is 0 Å². The molecule has 2 amide bonds. The molecule has 23 heavy (non-hydrogen) atoms. The third-order valence-corrected chi connectivity index (χ3v) is 5.63. The lowest BCUT2D eigenvalue weighted by molar-refractivity contribution is -0.135. The number of imide groups is 1. The highest BCUT2D eigenvalue weighted by Gasteiger charge is 2.46. The summed E-state index contributed by atoms with van der Waals surface area (Å²) >= 11 is 12.5. The van der Waals surface area contributed by atoms with Crippen LogP contribution in [0, 0.1) is 5.41 Å². The molecule has 0 bridgehead atoms. The number of hydrogen-bond donors (Lipinski definition) is 1. The Balaban J connectivity index is 2.18. The zero-order valence-electron chi connectivity index (χ0n) is 12.5. The summed E-state index contributed by atoms with van der Waals surface area (Å²) < 4.78 is 0. The summed E-state index contributed by atoms with van der Waals surface area (Å²) in [7, 11) is 0. The number of amides is 2. The summed E-state index contributed by atoms with van der Waals surface area (Å²) in [6.07, 6.45) is 1.09. The summed E-state index contributed by atoms with van der Waals surface area (Å²) in [5.41, 5.74) is 0.605. The van der Waals surface area contributed by atoms with E-state index in [1.165, 1.54) is 0 Å². The number of benzene rings is 1. The van der Waals surface area contributed by atoms with Crippen molar-refractivity contribution < 1.29 is 19.2 Å². The molecule has 2 unspecified atom stereocenters. The second-order valence-electron chi connectivity index (χ2n) is 6.16. The van der Waals surface area contributed by atoms with Gasteiger partial charge in [0.2, 0.25) is 11.7 Å². The third-order valence-electron chi connectivity index (χ3n) is 4.75. The number of fused-ring (bicyclic) bond motifs is 1. The fourth-order valence-corrected chi connectivity index (χ4v) is 3.74. The number of hydrogen-bond acceptors (Lipinski definition) is 4. The molecular weight excluding hydrogens is 341 g/mol. The van der Waals surface area contributed by atoms with Gasteiger partial charge in [0.1, 0.15) is 5.92 Å². The highest BCUT2D eigenvalue weighted by Crippen LogP contribution is 2.46. The Kier molecular flexibility index (Phi) is 3.61. The highest BCUT2D eigenvalue weighted by molar-refractivity contribution is 6.51. The van der Waals surface area contributed by atoms with Gasteiger partial charge in [-0.2, -0.15) is 0 Å². The molecule has 0 saturated carbocycles. The van der Waals surface area contributed by atoms with E-state index >= 15 is 0 Å². The maximum Gasteiger partial charge on any atom is 0.295 e. The lowest BCUT2D eigenvalue weighted by atomic mass is 9.83. The average molecular weight is 354 g/mol. The topological polar surface area (TPSA) is 80.3 Å². The van der Waals surface area contributed by atoms with Crippen molar-refractivity contribution in [2.45, 2.75) is 32.6 Å². The van der Waals surface area contributed by atoms with Gasteiger partial charge < -0.3 is 0 Å². The van der Waals surface area contributed by atoms with Crippen molar-refractivity contribution in [3.8, 4) is 0 Å². The monoisotopic (exact) mass is 353 g/mol. The highest BCUT2D eigenvalue weighted by atomic mass is 35.5. The summed E-state index contributed by atoms with van der Waals surface area (Å²) in [6, 6.07) is 1.56. The maximum atomic E-state index is 12.6. The first-order chi connectivity index (χ1) is 10.7. The first kappa shape index (κ1) is 16.1. The average Bonchev–Trinajstić information content (AvgIpc) is 2.90. The lowest BCUT2D eigenvalue weighted by Gasteiger charge is -2.18. The normalized spacial score (nSPS) is 26.7. The van der Waals surface area contributed by atoms with Crippen LogP contribution >= 0.6 is 23.2 Å². The first-order valence-corrected chi connectivity index (χ1v) is 7.91. The van der Waals surface area contributed by atoms with Gasteiger partial charge in [0.05, 0.1) is 10.0 Å². The Morgan fingerprint density at radius 2 is 1.87 bits per heavy atom. The van der Waals surface area contributed by atoms with E-state index in [1.54, 1.807) is 6.07 Å². The SMILES string of the molecule is CCC1(C)Cc2cc(C3C(=O)NC(=O)C3=O)c(Cl)c(Cl)c2C1=O. The van der Waals surface area contributed by atoms with Crippen molar-refractivity contribution in [3.05, 3.63) is 32.8 Å². The number of rotatable bonds is 2. The summed E-state index contributed by atoms with van der Waals surface area (Å²) in [5, 5.41) is 1.99. The summed E-state index contributed by atoms with van der Waals surface area (Å²) in [5.74, 6) is -3.94. The molecule has 0 spiro atoms. The van der Waals surface area contributed by atoms with Crippen LogP contribution in [0.2, 0.25) is 10.0 Å². The predicted octanol–water partition coefficient (Wildman–Crippen LogP) is 2.46. The molecule has 1 aromatic rings. The van der Waals surface area contributed by atoms with E-state index in [2.05, 4.69) is 0 Å². The zero-order valence-corrected chi connectivity index (χ0v) is 14.0. The minimum atomic E-state index is -1.30. The quantitative estimate of drug-likeness (QED) is 0.503. The van der Waals surface area contributed by atoms with Crippen molar-refractivity contribution in [2.75, 3.05) is 0 Å². The minimum absolute atomic E-state index is 0.0256. The molecule has 3 rings (SSSR count). The van der Waals surface area contributed by atoms with E-state index in [9.17, 15) is 19.2 Å². The molecule has 1 aliphatic heterocycles. The predicted molar refractivity (Wildman–Crippen MR) is 83.8 cm³/mol. The van der Waals surface area contributed by atoms with Crippen LogP contribution in [0.25, 0.3) is 0 Å². The molecule has 0 radical (unpaired) electrons. The van der Waals surface area contributed by atoms with Gasteiger partial charge in [0, 0.05) is 11.0 Å². The number of halogens is 2. The summed E-state index contributed by atoms with van der Waals surface area (Å²) in [4.78, 5) is 47.8. The molecule has 5 nitrogen and oxygen atoms in total. The third kappa shape index (κ3) is 2.14. The van der Waals surface area contributed by atoms with Crippen molar-refractivity contribution in [2.24, 2.45) is 5.41 Å². The van der Waals surface area contributed by atoms with Crippen molar-refractivity contribution in [1.82, 2.24) is 5.32 Å². The van der Waals surface area contributed by atoms with Crippen LogP contribution in [0.1, 0.15) is 47.7 Å². The van der Waals surface area contributed by atoms with Gasteiger partial charge in [-0.15, -0.1) is 0 Å². The molecule has 1 N–H and O–H groups in total. The molecule has 1 saturated heterocycles. The zero-order chi connectivity index (χ0) is 17.1. The van der Waals surface area contributed by atoms with Crippen molar-refractivity contribution >= 4 is 46.6 Å². The second-order valence-corrected chi connectivity index (χ2v) is 6.92. The molecular formula is C16H13Cl2NO4. The number of Topliss-reactive ketones (excluding diaryl/α,β-unsaturated/α-hetero) is 2. The van der Waals surface area contributed by atoms with E-state index < -0.39 is 28.9 Å². The molecule has 1 fully saturated rings. The van der Waals surface area contributed by atoms with E-state index in [4.69, 9.17) is 23.2 Å². The number of carbonyl (C=O) groups excluding carboxylic acids is 4. The van der Waals surface area contributed by atoms with Crippen LogP contribution in [-0.4, -0.2) is 23.4 Å². The Bertz CT molecular complexity index is 802. The fourth-order valence-electron chi connectivity index (χ4n) is 3.16. The van der Waals surface area contributed by atoms with Gasteiger partial charge in [-0.3, -0.25) is 24.5 Å². The van der Waals surface area contributed by atoms with Gasteiger partial charge in [-0.25, -0.2) is 0 Å². The van der Waals surface area contributed by atoms with Gasteiger partial charge in [0.25, 0.3) is 5.91 Å². The minimum Gasteiger partial charge on any atom is -0.293 e. The van der Waals surface area contributed by atoms with E-state index in [0.717, 1.165) is 0 Å². The van der Waals surface area contributed by atoms with Crippen LogP contribution in [0.5, 0.6) is 0 Å². The standard InChI is InChI=1S/C16H13Cl2NO4/c1-3-16(2)5-6-4-7(9-12(20)15(23)19-14(9)22)10(17)11(18)8(6)13(16)21/h4,9H,3,5H2,1-2H3,(H,19,22,23).